The van der Waals surface area contributed by atoms with E-state index in [2.05, 4.69) is 110 Å². The van der Waals surface area contributed by atoms with Crippen LogP contribution in [-0.4, -0.2) is 5.43 Å². The van der Waals surface area contributed by atoms with Gasteiger partial charge in [-0.25, -0.2) is 36.1 Å². The van der Waals surface area contributed by atoms with Crippen LogP contribution in [-0.2, 0) is 34.2 Å². The van der Waals surface area contributed by atoms with Crippen molar-refractivity contribution < 1.29 is 40.8 Å². The predicted octanol–water partition coefficient (Wildman–Crippen LogP) is 6.12. The summed E-state index contributed by atoms with van der Waals surface area (Å²) in [6.45, 7) is 17.4. The maximum absolute atomic E-state index is 11.7. The van der Waals surface area contributed by atoms with Crippen molar-refractivity contribution in [2.24, 2.45) is 11.8 Å². The second-order valence-electron chi connectivity index (χ2n) is 12.8. The molecule has 4 heteroatoms. The van der Waals surface area contributed by atoms with E-state index in [4.69, 9.17) is 0 Å². The third kappa shape index (κ3) is 12.1. The van der Waals surface area contributed by atoms with Gasteiger partial charge in [0.25, 0.3) is 0 Å². The van der Waals surface area contributed by atoms with Crippen molar-refractivity contribution in [3.05, 3.63) is 89.8 Å². The number of benzene rings is 1. The molecule has 0 aliphatic heterocycles. The molecule has 0 saturated heterocycles. The summed E-state index contributed by atoms with van der Waals surface area (Å²) in [6, 6.07) is 5.70. The van der Waals surface area contributed by atoms with Crippen molar-refractivity contribution in [1.29, 1.82) is 0 Å². The van der Waals surface area contributed by atoms with Crippen molar-refractivity contribution in [1.82, 2.24) is 0 Å². The van der Waals surface area contributed by atoms with E-state index in [1.807, 2.05) is 6.07 Å². The zero-order valence-electron chi connectivity index (χ0n) is 25.0. The van der Waals surface area contributed by atoms with Crippen LogP contribution in [0.4, 0.5) is 0 Å². The molecule has 2 fully saturated rings. The molecule has 208 valence electrons. The molecule has 1 aromatic rings. The Morgan fingerprint density at radius 2 is 1.26 bits per heavy atom. The number of hydrogen-bond acceptors (Lipinski definition) is 1. The third-order valence-electron chi connectivity index (χ3n) is 7.08. The largest absolute Gasteiger partial charge is 1.00 e. The zero-order valence-corrected chi connectivity index (χ0v) is 29.2. The molecule has 0 spiro atoms. The molecule has 4 aliphatic rings. The molecule has 0 N–H and O–H groups in total. The molecule has 2 saturated carbocycles. The first-order chi connectivity index (χ1) is 17.3. The summed E-state index contributed by atoms with van der Waals surface area (Å²) in [5, 5.41) is 11.7. The summed E-state index contributed by atoms with van der Waals surface area (Å²) in [7, 11) is 0. The normalized spacial score (nSPS) is 20.6. The average Bonchev–Trinajstić information content (AvgIpc) is 3.48. The average molecular weight is 629 g/mol. The standard InChI is InChI=1S/C14H22O.2C9H11.C2H6Si.ClH.Zr/c1-13(2,3)10-7-8-12(15)11(9-10)14(4,5)6;2*1-2-5-9-7-3-6-8(9)4-1;1-3-2;;/h7-9,15H,1-6H3;2*1-2,4,6,9H,3,5,7H2;1-2H3;1H;/q;2*-1;;;+2/p-2. The van der Waals surface area contributed by atoms with Gasteiger partial charge in [-0.3, -0.25) is 0 Å². The van der Waals surface area contributed by atoms with Crippen LogP contribution in [0.5, 0.6) is 5.75 Å². The Hall–Kier alpha value is -0.890. The molecular formula is C34H49ClOSiZr-2. The number of fused-ring (bicyclic) bond motifs is 2. The molecule has 5 rings (SSSR count). The van der Waals surface area contributed by atoms with E-state index in [-0.39, 0.29) is 34.4 Å². The summed E-state index contributed by atoms with van der Waals surface area (Å²) >= 11 is 1.74. The van der Waals surface area contributed by atoms with Gasteiger partial charge in [-0.1, -0.05) is 78.1 Å². The molecule has 4 aliphatic carbocycles. The van der Waals surface area contributed by atoms with Crippen LogP contribution < -0.4 is 17.5 Å². The van der Waals surface area contributed by atoms with Crippen LogP contribution >= 0.6 is 0 Å². The fraction of sp³-hybridized carbons (Fsp3) is 0.529. The summed E-state index contributed by atoms with van der Waals surface area (Å²) < 4.78 is 0. The minimum absolute atomic E-state index is 0. The first kappa shape index (κ1) is 35.1. The molecule has 0 bridgehead atoms. The van der Waals surface area contributed by atoms with Crippen molar-refractivity contribution in [3.63, 3.8) is 0 Å². The zero-order chi connectivity index (χ0) is 27.6. The predicted molar refractivity (Wildman–Crippen MR) is 158 cm³/mol. The van der Waals surface area contributed by atoms with Crippen molar-refractivity contribution in [2.75, 3.05) is 0 Å². The Bertz CT molecular complexity index is 976. The van der Waals surface area contributed by atoms with E-state index in [1.54, 1.807) is 40.5 Å². The Balaban J connectivity index is 0.000000272. The van der Waals surface area contributed by atoms with Gasteiger partial charge >= 0.3 is 41.9 Å². The Labute approximate surface area is 256 Å². The van der Waals surface area contributed by atoms with Gasteiger partial charge in [-0.2, -0.15) is 0 Å². The van der Waals surface area contributed by atoms with Gasteiger partial charge in [0.2, 0.25) is 0 Å². The van der Waals surface area contributed by atoms with Gasteiger partial charge in [-0.05, 0) is 41.1 Å². The van der Waals surface area contributed by atoms with Crippen LogP contribution in [0.3, 0.4) is 0 Å². The molecular weight excluding hydrogens is 579 g/mol. The monoisotopic (exact) mass is 626 g/mol. The van der Waals surface area contributed by atoms with Gasteiger partial charge in [0.05, 0.1) is 0 Å². The van der Waals surface area contributed by atoms with E-state index in [0.717, 1.165) is 17.4 Å². The van der Waals surface area contributed by atoms with Crippen molar-refractivity contribution >= 4 is 5.43 Å². The summed E-state index contributed by atoms with van der Waals surface area (Å²) in [4.78, 5) is 0. The second kappa shape index (κ2) is 16.4. The van der Waals surface area contributed by atoms with Crippen LogP contribution in [0.15, 0.2) is 65.8 Å². The SMILES string of the molecule is C1=CCC2CC[CH-]C2=C1.C1=CCC2CC[CH-]C2=C1.CC(C)(C)c1ccc([O-])c(C(C)(C)C)c1.C[Si](C)=[Zr+2].[Cl-]. The maximum Gasteiger partial charge on any atom is -1.00 e. The van der Waals surface area contributed by atoms with Gasteiger partial charge < -0.3 is 17.5 Å². The molecule has 0 heterocycles. The number of allylic oxidation sites excluding steroid dienone is 8. The van der Waals surface area contributed by atoms with Crippen molar-refractivity contribution in [3.8, 4) is 5.75 Å². The molecule has 0 radical (unpaired) electrons. The topological polar surface area (TPSA) is 23.1 Å². The summed E-state index contributed by atoms with van der Waals surface area (Å²) in [6.07, 6.45) is 26.1. The first-order valence-corrected chi connectivity index (χ1v) is 20.2. The fourth-order valence-corrected chi connectivity index (χ4v) is 4.91. The molecule has 1 aromatic carbocycles. The van der Waals surface area contributed by atoms with E-state index in [9.17, 15) is 5.11 Å². The number of rotatable bonds is 0. The molecule has 2 unspecified atom stereocenters. The Morgan fingerprint density at radius 3 is 1.63 bits per heavy atom. The minimum atomic E-state index is -0.0711. The third-order valence-corrected chi connectivity index (χ3v) is 7.08. The quantitative estimate of drug-likeness (QED) is 0.251. The second-order valence-corrected chi connectivity index (χ2v) is 22.2. The molecule has 0 aromatic heterocycles. The first-order valence-electron chi connectivity index (χ1n) is 14.0. The van der Waals surface area contributed by atoms with E-state index < -0.39 is 0 Å². The maximum atomic E-state index is 11.7. The van der Waals surface area contributed by atoms with Crippen LogP contribution in [0.1, 0.15) is 91.2 Å². The molecule has 2 atom stereocenters. The van der Waals surface area contributed by atoms with E-state index >= 15 is 0 Å². The van der Waals surface area contributed by atoms with Gasteiger partial charge in [0, 0.05) is 0 Å². The van der Waals surface area contributed by atoms with E-state index in [0.29, 0.717) is 0 Å². The van der Waals surface area contributed by atoms with Crippen LogP contribution in [0.25, 0.3) is 0 Å². The smallest absolute Gasteiger partial charge is 1.00 e. The van der Waals surface area contributed by atoms with Gasteiger partial charge in [0.15, 0.2) is 0 Å². The number of halogens is 1. The minimum Gasteiger partial charge on any atom is -1.00 e. The molecule has 38 heavy (non-hydrogen) atoms. The Morgan fingerprint density at radius 1 is 0.816 bits per heavy atom. The Kier molecular flexibility index (Phi) is 15.2. The molecule has 1 nitrogen and oxygen atoms in total. The van der Waals surface area contributed by atoms with E-state index in [1.165, 1.54) is 44.1 Å². The fourth-order valence-electron chi connectivity index (χ4n) is 4.91. The number of hydrogen-bond donors (Lipinski definition) is 0. The van der Waals surface area contributed by atoms with Crippen LogP contribution in [0, 0.1) is 24.7 Å². The summed E-state index contributed by atoms with van der Waals surface area (Å²) in [5.41, 5.74) is 5.55. The molecule has 0 amide bonds. The van der Waals surface area contributed by atoms with Gasteiger partial charge in [-0.15, -0.1) is 42.9 Å². The van der Waals surface area contributed by atoms with Gasteiger partial charge in [0.1, 0.15) is 0 Å². The summed E-state index contributed by atoms with van der Waals surface area (Å²) in [5.74, 6) is 1.92. The van der Waals surface area contributed by atoms with Crippen molar-refractivity contribution in [2.45, 2.75) is 104 Å². The van der Waals surface area contributed by atoms with Crippen LogP contribution in [0.2, 0.25) is 13.1 Å².